The van der Waals surface area contributed by atoms with E-state index in [0.717, 1.165) is 19.1 Å². The fourth-order valence-corrected chi connectivity index (χ4v) is 1.51. The summed E-state index contributed by atoms with van der Waals surface area (Å²) in [7, 11) is 0. The van der Waals surface area contributed by atoms with Gasteiger partial charge in [0.25, 0.3) is 0 Å². The van der Waals surface area contributed by atoms with Gasteiger partial charge in [-0.3, -0.25) is 9.78 Å². The number of carbonyl (C=O) groups is 1. The van der Waals surface area contributed by atoms with Crippen LogP contribution in [0.3, 0.4) is 0 Å². The predicted octanol–water partition coefficient (Wildman–Crippen LogP) is 1.38. The quantitative estimate of drug-likeness (QED) is 0.562. The molecule has 11 heavy (non-hydrogen) atoms. The molecule has 0 aliphatic heterocycles. The molecule has 2 nitrogen and oxygen atoms in total. The molecule has 56 valence electrons. The summed E-state index contributed by atoms with van der Waals surface area (Å²) in [6.07, 6.45) is 5.85. The Balaban J connectivity index is 2.48. The minimum Gasteiger partial charge on any atom is -0.298 e. The van der Waals surface area contributed by atoms with E-state index in [1.807, 2.05) is 6.07 Å². The Morgan fingerprint density at radius 3 is 3.18 bits per heavy atom. The highest BCUT2D eigenvalue weighted by molar-refractivity contribution is 5.74. The number of carbonyl (C=O) groups excluding carboxylic acids is 1. The van der Waals surface area contributed by atoms with Crippen molar-refractivity contribution < 1.29 is 4.79 Å². The Bertz CT molecular complexity index is 294. The molecule has 0 saturated carbocycles. The van der Waals surface area contributed by atoms with Gasteiger partial charge in [0.1, 0.15) is 0 Å². The lowest BCUT2D eigenvalue weighted by Gasteiger charge is -1.96. The molecule has 0 radical (unpaired) electrons. The summed E-state index contributed by atoms with van der Waals surface area (Å²) in [4.78, 5) is 14.6. The molecule has 0 atom stereocenters. The number of aldehydes is 1. The fourth-order valence-electron chi connectivity index (χ4n) is 1.51. The van der Waals surface area contributed by atoms with Gasteiger partial charge in [0.15, 0.2) is 6.29 Å². The predicted molar refractivity (Wildman–Crippen MR) is 41.6 cm³/mol. The van der Waals surface area contributed by atoms with Crippen molar-refractivity contribution in [1.82, 2.24) is 4.98 Å². The first-order valence-corrected chi connectivity index (χ1v) is 3.83. The highest BCUT2D eigenvalue weighted by Crippen LogP contribution is 2.19. The molecule has 0 spiro atoms. The van der Waals surface area contributed by atoms with Crippen molar-refractivity contribution >= 4 is 6.29 Å². The third kappa shape index (κ3) is 1.04. The van der Waals surface area contributed by atoms with E-state index in [9.17, 15) is 4.79 Å². The van der Waals surface area contributed by atoms with E-state index in [0.29, 0.717) is 5.56 Å². The molecule has 0 amide bonds. The van der Waals surface area contributed by atoms with E-state index >= 15 is 0 Å². The summed E-state index contributed by atoms with van der Waals surface area (Å²) >= 11 is 0. The van der Waals surface area contributed by atoms with E-state index < -0.39 is 0 Å². The largest absolute Gasteiger partial charge is 0.298 e. The third-order valence-electron chi connectivity index (χ3n) is 2.08. The van der Waals surface area contributed by atoms with Gasteiger partial charge in [-0.1, -0.05) is 0 Å². The van der Waals surface area contributed by atoms with Gasteiger partial charge in [-0.25, -0.2) is 0 Å². The number of pyridine rings is 1. The Kier molecular flexibility index (Phi) is 1.46. The van der Waals surface area contributed by atoms with Crippen molar-refractivity contribution in [2.45, 2.75) is 19.3 Å². The van der Waals surface area contributed by atoms with Gasteiger partial charge in [-0.15, -0.1) is 0 Å². The Hall–Kier alpha value is -1.18. The van der Waals surface area contributed by atoms with Crippen LogP contribution in [0, 0.1) is 0 Å². The average molecular weight is 147 g/mol. The minimum atomic E-state index is 0.700. The number of aryl methyl sites for hydroxylation is 2. The van der Waals surface area contributed by atoms with Gasteiger partial charge in [0.2, 0.25) is 0 Å². The van der Waals surface area contributed by atoms with Crippen molar-refractivity contribution in [3.05, 3.63) is 29.1 Å². The molecule has 0 unspecified atom stereocenters. The molecule has 2 heteroatoms. The van der Waals surface area contributed by atoms with E-state index in [2.05, 4.69) is 4.98 Å². The van der Waals surface area contributed by atoms with Crippen LogP contribution < -0.4 is 0 Å². The second-order valence-corrected chi connectivity index (χ2v) is 2.85. The average Bonchev–Trinajstić information content (AvgIpc) is 2.50. The standard InChI is InChI=1S/C9H9NO/c11-6-7-4-8-2-1-3-9(8)10-5-7/h4-6H,1-3H2. The summed E-state index contributed by atoms with van der Waals surface area (Å²) < 4.78 is 0. The van der Waals surface area contributed by atoms with Crippen LogP contribution in [0.2, 0.25) is 0 Å². The van der Waals surface area contributed by atoms with E-state index in [1.165, 1.54) is 17.7 Å². The van der Waals surface area contributed by atoms with Crippen LogP contribution in [-0.4, -0.2) is 11.3 Å². The van der Waals surface area contributed by atoms with Gasteiger partial charge in [-0.2, -0.15) is 0 Å². The van der Waals surface area contributed by atoms with Gasteiger partial charge in [0, 0.05) is 17.5 Å². The minimum absolute atomic E-state index is 0.700. The number of nitrogens with zero attached hydrogens (tertiary/aromatic N) is 1. The van der Waals surface area contributed by atoms with Crippen molar-refractivity contribution in [2.24, 2.45) is 0 Å². The molecule has 0 fully saturated rings. The number of hydrogen-bond acceptors (Lipinski definition) is 2. The van der Waals surface area contributed by atoms with Gasteiger partial charge in [0.05, 0.1) is 0 Å². The first kappa shape index (κ1) is 6.53. The molecule has 0 saturated heterocycles. The summed E-state index contributed by atoms with van der Waals surface area (Å²) in [6.45, 7) is 0. The van der Waals surface area contributed by atoms with Crippen LogP contribution >= 0.6 is 0 Å². The molecule has 1 aliphatic rings. The molecule has 1 heterocycles. The topological polar surface area (TPSA) is 30.0 Å². The highest BCUT2D eigenvalue weighted by atomic mass is 16.1. The first-order chi connectivity index (χ1) is 5.40. The summed E-state index contributed by atoms with van der Waals surface area (Å²) in [5, 5.41) is 0. The van der Waals surface area contributed by atoms with E-state index in [4.69, 9.17) is 0 Å². The number of hydrogen-bond donors (Lipinski definition) is 0. The molecular formula is C9H9NO. The molecule has 1 aromatic rings. The van der Waals surface area contributed by atoms with E-state index in [-0.39, 0.29) is 0 Å². The maximum Gasteiger partial charge on any atom is 0.151 e. The van der Waals surface area contributed by atoms with Crippen molar-refractivity contribution in [1.29, 1.82) is 0 Å². The zero-order chi connectivity index (χ0) is 7.68. The molecule has 2 rings (SSSR count). The SMILES string of the molecule is O=Cc1cnc2c(c1)CCC2. The first-order valence-electron chi connectivity index (χ1n) is 3.83. The van der Waals surface area contributed by atoms with Crippen LogP contribution in [-0.2, 0) is 12.8 Å². The van der Waals surface area contributed by atoms with Crippen LogP contribution in [0.1, 0.15) is 28.0 Å². The number of rotatable bonds is 1. The van der Waals surface area contributed by atoms with Gasteiger partial charge >= 0.3 is 0 Å². The normalized spacial score (nSPS) is 14.5. The lowest BCUT2D eigenvalue weighted by Crippen LogP contribution is -1.90. The zero-order valence-corrected chi connectivity index (χ0v) is 6.21. The molecular weight excluding hydrogens is 138 g/mol. The van der Waals surface area contributed by atoms with Crippen LogP contribution in [0.5, 0.6) is 0 Å². The van der Waals surface area contributed by atoms with Crippen LogP contribution in [0.15, 0.2) is 12.3 Å². The van der Waals surface area contributed by atoms with Crippen molar-refractivity contribution in [3.63, 3.8) is 0 Å². The monoisotopic (exact) mass is 147 g/mol. The van der Waals surface area contributed by atoms with Crippen LogP contribution in [0.4, 0.5) is 0 Å². The maximum atomic E-state index is 10.4. The smallest absolute Gasteiger partial charge is 0.151 e. The Labute approximate surface area is 65.3 Å². The lowest BCUT2D eigenvalue weighted by atomic mass is 10.2. The molecule has 0 aromatic carbocycles. The molecule has 1 aliphatic carbocycles. The fraction of sp³-hybridized carbons (Fsp3) is 0.333. The van der Waals surface area contributed by atoms with Gasteiger partial charge in [-0.05, 0) is 30.9 Å². The van der Waals surface area contributed by atoms with Crippen molar-refractivity contribution in [2.75, 3.05) is 0 Å². The van der Waals surface area contributed by atoms with Crippen molar-refractivity contribution in [3.8, 4) is 0 Å². The molecule has 0 bridgehead atoms. The lowest BCUT2D eigenvalue weighted by molar-refractivity contribution is 0.112. The molecule has 0 N–H and O–H groups in total. The summed E-state index contributed by atoms with van der Waals surface area (Å²) in [5.74, 6) is 0. The Morgan fingerprint density at radius 1 is 1.45 bits per heavy atom. The molecule has 1 aromatic heterocycles. The number of fused-ring (bicyclic) bond motifs is 1. The Morgan fingerprint density at radius 2 is 2.36 bits per heavy atom. The summed E-state index contributed by atoms with van der Waals surface area (Å²) in [5.41, 5.74) is 3.14. The third-order valence-corrected chi connectivity index (χ3v) is 2.08. The maximum absolute atomic E-state index is 10.4. The van der Waals surface area contributed by atoms with Crippen LogP contribution in [0.25, 0.3) is 0 Å². The van der Waals surface area contributed by atoms with Gasteiger partial charge < -0.3 is 0 Å². The number of aromatic nitrogens is 1. The second-order valence-electron chi connectivity index (χ2n) is 2.85. The van der Waals surface area contributed by atoms with E-state index in [1.54, 1.807) is 6.20 Å². The summed E-state index contributed by atoms with van der Waals surface area (Å²) in [6, 6.07) is 1.95. The highest BCUT2D eigenvalue weighted by Gasteiger charge is 2.11. The zero-order valence-electron chi connectivity index (χ0n) is 6.21. The second kappa shape index (κ2) is 2.46.